The maximum atomic E-state index is 12.9. The highest BCUT2D eigenvalue weighted by molar-refractivity contribution is 5.56. The molecule has 0 radical (unpaired) electrons. The van der Waals surface area contributed by atoms with Gasteiger partial charge >= 0.3 is 0 Å². The van der Waals surface area contributed by atoms with E-state index in [1.54, 1.807) is 43.0 Å². The molecule has 0 amide bonds. The molecule has 5 rings (SSSR count). The molecule has 33 heavy (non-hydrogen) atoms. The monoisotopic (exact) mass is 442 g/mol. The predicted octanol–water partition coefficient (Wildman–Crippen LogP) is 1.75. The SMILES string of the molecule is COc1ccc(-[n+]2noc([O-])c2C2C(C#N)=C(N)Oc3c2c(C)nn3-c2ccccc2)cc1. The number of hydrogen-bond donors (Lipinski definition) is 1. The molecule has 4 aromatic rings. The Hall–Kier alpha value is -4.78. The highest BCUT2D eigenvalue weighted by atomic mass is 16.6. The van der Waals surface area contributed by atoms with Gasteiger partial charge in [0, 0.05) is 12.1 Å². The van der Waals surface area contributed by atoms with Gasteiger partial charge in [0.15, 0.2) is 5.95 Å². The zero-order chi connectivity index (χ0) is 23.1. The maximum absolute atomic E-state index is 12.9. The molecule has 0 saturated carbocycles. The van der Waals surface area contributed by atoms with Crippen molar-refractivity contribution in [1.29, 1.82) is 5.26 Å². The number of fused-ring (bicyclic) bond motifs is 1. The Balaban J connectivity index is 1.74. The van der Waals surface area contributed by atoms with E-state index >= 15 is 0 Å². The second-order valence-corrected chi connectivity index (χ2v) is 7.33. The summed E-state index contributed by atoms with van der Waals surface area (Å²) in [5.74, 6) is -0.744. The van der Waals surface area contributed by atoms with Crippen LogP contribution < -0.4 is 25.0 Å². The minimum absolute atomic E-state index is 0.0702. The van der Waals surface area contributed by atoms with Crippen LogP contribution in [0.5, 0.6) is 17.6 Å². The molecule has 1 unspecified atom stereocenters. The zero-order valence-corrected chi connectivity index (χ0v) is 17.7. The summed E-state index contributed by atoms with van der Waals surface area (Å²) in [7, 11) is 1.56. The molecular formula is C23H18N6O4. The number of ether oxygens (including phenoxy) is 2. The summed E-state index contributed by atoms with van der Waals surface area (Å²) >= 11 is 0. The van der Waals surface area contributed by atoms with Crippen molar-refractivity contribution < 1.29 is 23.8 Å². The molecular weight excluding hydrogens is 424 g/mol. The van der Waals surface area contributed by atoms with Crippen molar-refractivity contribution in [2.45, 2.75) is 12.8 Å². The van der Waals surface area contributed by atoms with Gasteiger partial charge in [0.2, 0.25) is 17.5 Å². The number of allylic oxidation sites excluding steroid dienone is 1. The van der Waals surface area contributed by atoms with E-state index < -0.39 is 11.9 Å². The minimum Gasteiger partial charge on any atom is -0.539 e. The lowest BCUT2D eigenvalue weighted by molar-refractivity contribution is -0.678. The van der Waals surface area contributed by atoms with Crippen molar-refractivity contribution in [1.82, 2.24) is 15.1 Å². The Bertz CT molecular complexity index is 1410. The Morgan fingerprint density at radius 2 is 1.91 bits per heavy atom. The van der Waals surface area contributed by atoms with Gasteiger partial charge in [-0.2, -0.15) is 10.4 Å². The number of methoxy groups -OCH3 is 1. The van der Waals surface area contributed by atoms with Gasteiger partial charge in [-0.3, -0.25) is 0 Å². The van der Waals surface area contributed by atoms with Gasteiger partial charge in [-0.1, -0.05) is 18.2 Å². The molecule has 2 N–H and O–H groups in total. The zero-order valence-electron chi connectivity index (χ0n) is 17.7. The number of rotatable bonds is 4. The van der Waals surface area contributed by atoms with Gasteiger partial charge in [0.05, 0.1) is 29.3 Å². The number of aryl methyl sites for hydroxylation is 1. The first kappa shape index (κ1) is 20.1. The highest BCUT2D eigenvalue weighted by Crippen LogP contribution is 2.45. The molecule has 10 heteroatoms. The van der Waals surface area contributed by atoms with Crippen molar-refractivity contribution >= 4 is 0 Å². The fourth-order valence-electron chi connectivity index (χ4n) is 3.94. The lowest BCUT2D eigenvalue weighted by Crippen LogP contribution is -2.40. The number of aromatic nitrogens is 4. The quantitative estimate of drug-likeness (QED) is 0.472. The topological polar surface area (TPSA) is 139 Å². The van der Waals surface area contributed by atoms with Crippen molar-refractivity contribution in [3.63, 3.8) is 0 Å². The molecule has 0 bridgehead atoms. The number of para-hydroxylation sites is 1. The van der Waals surface area contributed by atoms with E-state index in [1.165, 1.54) is 4.68 Å². The Kier molecular flexibility index (Phi) is 4.71. The number of nitrogens with two attached hydrogens (primary N) is 1. The summed E-state index contributed by atoms with van der Waals surface area (Å²) in [6, 6.07) is 18.3. The fourth-order valence-corrected chi connectivity index (χ4v) is 3.94. The molecule has 0 saturated heterocycles. The molecule has 0 aliphatic carbocycles. The van der Waals surface area contributed by atoms with E-state index in [4.69, 9.17) is 19.7 Å². The molecule has 1 aliphatic heterocycles. The standard InChI is InChI=1S/C23H18N6O4/c1-13-18-19(20-23(30)33-27-28(20)15-8-10-16(31-2)11-9-15)17(12-24)21(25)32-22(18)29(26-13)14-6-4-3-5-7-14/h3-11,19H,25H2,1-2H3. The molecule has 1 aliphatic rings. The normalized spacial score (nSPS) is 15.0. The average Bonchev–Trinajstić information content (AvgIpc) is 3.38. The van der Waals surface area contributed by atoms with Gasteiger partial charge in [-0.05, 0) is 35.9 Å². The van der Waals surface area contributed by atoms with Crippen molar-refractivity contribution in [3.05, 3.63) is 83.0 Å². The van der Waals surface area contributed by atoms with Crippen LogP contribution in [0.4, 0.5) is 0 Å². The van der Waals surface area contributed by atoms with E-state index in [2.05, 4.69) is 16.4 Å². The minimum atomic E-state index is -0.892. The number of hydrogen-bond acceptors (Lipinski definition) is 8. The summed E-state index contributed by atoms with van der Waals surface area (Å²) in [4.78, 5) is 0. The molecule has 164 valence electrons. The lowest BCUT2D eigenvalue weighted by Gasteiger charge is -2.22. The van der Waals surface area contributed by atoms with Crippen molar-refractivity contribution in [2.24, 2.45) is 5.73 Å². The number of nitriles is 1. The third-order valence-electron chi connectivity index (χ3n) is 5.47. The first-order chi connectivity index (χ1) is 16.0. The Labute approximate surface area is 188 Å². The van der Waals surface area contributed by atoms with Crippen LogP contribution in [0, 0.1) is 18.3 Å². The van der Waals surface area contributed by atoms with E-state index in [1.807, 2.05) is 30.3 Å². The first-order valence-corrected chi connectivity index (χ1v) is 9.99. The van der Waals surface area contributed by atoms with Gasteiger partial charge in [0.1, 0.15) is 23.3 Å². The summed E-state index contributed by atoms with van der Waals surface area (Å²) in [6.07, 6.45) is 0. The Morgan fingerprint density at radius 3 is 2.58 bits per heavy atom. The van der Waals surface area contributed by atoms with Crippen LogP contribution >= 0.6 is 0 Å². The average molecular weight is 442 g/mol. The highest BCUT2D eigenvalue weighted by Gasteiger charge is 2.43. The fraction of sp³-hybridized carbons (Fsp3) is 0.130. The summed E-state index contributed by atoms with van der Waals surface area (Å²) in [5, 5.41) is 31.3. The molecule has 1 atom stereocenters. The van der Waals surface area contributed by atoms with Crippen molar-refractivity contribution in [3.8, 4) is 35.0 Å². The third kappa shape index (κ3) is 3.14. The first-order valence-electron chi connectivity index (χ1n) is 9.99. The van der Waals surface area contributed by atoms with Crippen LogP contribution in [0.15, 0.2) is 70.6 Å². The predicted molar refractivity (Wildman–Crippen MR) is 112 cm³/mol. The third-order valence-corrected chi connectivity index (χ3v) is 5.47. The van der Waals surface area contributed by atoms with E-state index in [0.29, 0.717) is 28.6 Å². The largest absolute Gasteiger partial charge is 0.539 e. The van der Waals surface area contributed by atoms with Crippen LogP contribution in [-0.4, -0.2) is 22.2 Å². The van der Waals surface area contributed by atoms with Crippen LogP contribution in [0.2, 0.25) is 0 Å². The number of nitrogens with zero attached hydrogens (tertiary/aromatic N) is 5. The van der Waals surface area contributed by atoms with Gasteiger partial charge < -0.3 is 24.8 Å². The van der Waals surface area contributed by atoms with Gasteiger partial charge in [-0.25, -0.2) is 4.68 Å². The van der Waals surface area contributed by atoms with Crippen molar-refractivity contribution in [2.75, 3.05) is 7.11 Å². The van der Waals surface area contributed by atoms with Gasteiger partial charge in [-0.15, -0.1) is 0 Å². The molecule has 0 spiro atoms. The van der Waals surface area contributed by atoms with E-state index in [0.717, 1.165) is 5.69 Å². The van der Waals surface area contributed by atoms with Crippen LogP contribution in [0.3, 0.4) is 0 Å². The maximum Gasteiger partial charge on any atom is 0.253 e. The Morgan fingerprint density at radius 1 is 1.18 bits per heavy atom. The number of benzene rings is 2. The summed E-state index contributed by atoms with van der Waals surface area (Å²) < 4.78 is 19.0. The van der Waals surface area contributed by atoms with E-state index in [-0.39, 0.29) is 17.2 Å². The van der Waals surface area contributed by atoms with Crippen LogP contribution in [-0.2, 0) is 0 Å². The van der Waals surface area contributed by atoms with E-state index in [9.17, 15) is 10.4 Å². The molecule has 2 aromatic heterocycles. The second kappa shape index (κ2) is 7.72. The van der Waals surface area contributed by atoms with Crippen LogP contribution in [0.25, 0.3) is 11.4 Å². The summed E-state index contributed by atoms with van der Waals surface area (Å²) in [5.41, 5.74) is 8.72. The smallest absolute Gasteiger partial charge is 0.253 e. The molecule has 0 fully saturated rings. The molecule has 3 heterocycles. The van der Waals surface area contributed by atoms with Crippen LogP contribution in [0.1, 0.15) is 22.9 Å². The molecule has 10 nitrogen and oxygen atoms in total. The second-order valence-electron chi connectivity index (χ2n) is 7.33. The summed E-state index contributed by atoms with van der Waals surface area (Å²) in [6.45, 7) is 1.78. The van der Waals surface area contributed by atoms with Gasteiger partial charge in [0.25, 0.3) is 5.69 Å². The molecule has 2 aromatic carbocycles. The lowest BCUT2D eigenvalue weighted by atomic mass is 9.87.